The molecule has 2 aromatic rings. The summed E-state index contributed by atoms with van der Waals surface area (Å²) in [6.45, 7) is 1.84. The Balaban J connectivity index is 1.38. The number of benzene rings is 2. The number of rotatable bonds is 8. The lowest BCUT2D eigenvalue weighted by molar-refractivity contribution is -0.145. The van der Waals surface area contributed by atoms with E-state index in [1.165, 1.54) is 0 Å². The number of hydrogen-bond donors (Lipinski definition) is 3. The smallest absolute Gasteiger partial charge is 0.336 e. The van der Waals surface area contributed by atoms with Crippen LogP contribution in [0, 0.1) is 0 Å². The van der Waals surface area contributed by atoms with E-state index in [1.54, 1.807) is 31.4 Å². The molecule has 3 N–H and O–H groups in total. The van der Waals surface area contributed by atoms with Gasteiger partial charge in [0.25, 0.3) is 0 Å². The van der Waals surface area contributed by atoms with Crippen LogP contribution in [0.3, 0.4) is 0 Å². The molecule has 4 atom stereocenters. The van der Waals surface area contributed by atoms with Gasteiger partial charge in [0, 0.05) is 54.7 Å². The first-order chi connectivity index (χ1) is 17.9. The zero-order valence-corrected chi connectivity index (χ0v) is 21.3. The lowest BCUT2D eigenvalue weighted by Gasteiger charge is -2.26. The third kappa shape index (κ3) is 5.72. The fraction of sp³-hybridized carbons (Fsp3) is 0.400. The minimum atomic E-state index is -0.364. The fourth-order valence-corrected chi connectivity index (χ4v) is 5.86. The highest BCUT2D eigenvalue weighted by atomic mass is 16.5. The first-order valence-electron chi connectivity index (χ1n) is 13.0. The molecular formula is C30H34N2O5. The minimum absolute atomic E-state index is 0.0227. The van der Waals surface area contributed by atoms with E-state index in [1.807, 2.05) is 37.3 Å². The predicted molar refractivity (Wildman–Crippen MR) is 140 cm³/mol. The molecule has 3 aliphatic rings. The molecule has 0 radical (unpaired) electrons. The van der Waals surface area contributed by atoms with Crippen molar-refractivity contribution >= 4 is 11.8 Å². The third-order valence-electron chi connectivity index (χ3n) is 7.67. The monoisotopic (exact) mass is 502 g/mol. The predicted octanol–water partition coefficient (Wildman–Crippen LogP) is 4.27. The molecule has 5 rings (SSSR count). The molecule has 2 bridgehead atoms. The first kappa shape index (κ1) is 25.1. The summed E-state index contributed by atoms with van der Waals surface area (Å²) in [5.41, 5.74) is 3.69. The van der Waals surface area contributed by atoms with E-state index in [2.05, 4.69) is 10.6 Å². The van der Waals surface area contributed by atoms with Crippen molar-refractivity contribution in [3.63, 3.8) is 0 Å². The molecule has 2 saturated heterocycles. The first-order valence-corrected chi connectivity index (χ1v) is 13.0. The summed E-state index contributed by atoms with van der Waals surface area (Å²) in [7, 11) is 1.64. The summed E-state index contributed by atoms with van der Waals surface area (Å²) in [6.07, 6.45) is 5.81. The Morgan fingerprint density at radius 2 is 1.97 bits per heavy atom. The van der Waals surface area contributed by atoms with E-state index in [9.17, 15) is 14.7 Å². The number of allylic oxidation sites excluding steroid dienone is 3. The van der Waals surface area contributed by atoms with Crippen molar-refractivity contribution in [1.29, 1.82) is 0 Å². The number of esters is 1. The van der Waals surface area contributed by atoms with Gasteiger partial charge < -0.3 is 25.2 Å². The van der Waals surface area contributed by atoms with Crippen molar-refractivity contribution in [2.45, 2.75) is 69.6 Å². The molecule has 194 valence electrons. The molecule has 2 aliphatic heterocycles. The van der Waals surface area contributed by atoms with E-state index >= 15 is 0 Å². The average molecular weight is 503 g/mol. The van der Waals surface area contributed by atoms with Gasteiger partial charge in [0.05, 0.1) is 12.7 Å². The topological polar surface area (TPSA) is 96.9 Å². The highest BCUT2D eigenvalue weighted by molar-refractivity contribution is 5.92. The van der Waals surface area contributed by atoms with Crippen molar-refractivity contribution in [2.75, 3.05) is 7.11 Å². The number of carbonyl (C=O) groups is 2. The number of ether oxygens (including phenoxy) is 2. The quantitative estimate of drug-likeness (QED) is 0.366. The van der Waals surface area contributed by atoms with Crippen LogP contribution >= 0.6 is 0 Å². The van der Waals surface area contributed by atoms with Gasteiger partial charge in [-0.05, 0) is 55.5 Å². The Bertz CT molecular complexity index is 1250. The molecule has 1 aliphatic carbocycles. The summed E-state index contributed by atoms with van der Waals surface area (Å²) in [4.78, 5) is 26.1. The summed E-state index contributed by atoms with van der Waals surface area (Å²) in [6, 6.07) is 15.3. The molecule has 7 heteroatoms. The molecule has 0 amide bonds. The van der Waals surface area contributed by atoms with Gasteiger partial charge in [-0.2, -0.15) is 0 Å². The Morgan fingerprint density at radius 1 is 1.14 bits per heavy atom. The molecule has 2 aromatic carbocycles. The van der Waals surface area contributed by atoms with Crippen LogP contribution in [0.2, 0.25) is 0 Å². The molecule has 4 unspecified atom stereocenters. The summed E-state index contributed by atoms with van der Waals surface area (Å²) < 4.78 is 11.5. The molecule has 7 nitrogen and oxygen atoms in total. The van der Waals surface area contributed by atoms with E-state index in [-0.39, 0.29) is 35.6 Å². The minimum Gasteiger partial charge on any atom is -0.508 e. The maximum absolute atomic E-state index is 13.5. The van der Waals surface area contributed by atoms with Gasteiger partial charge >= 0.3 is 5.97 Å². The Hall–Kier alpha value is -3.58. The SMILES string of the molecule is COc1ccccc1C1CC(=O)C=C(N/C(C)=C(\Cc2cccc(O)c2)C(=O)OC2CC3CCC2N3)C1. The second kappa shape index (κ2) is 10.8. The summed E-state index contributed by atoms with van der Waals surface area (Å²) in [5, 5.41) is 16.8. The van der Waals surface area contributed by atoms with Crippen LogP contribution < -0.4 is 15.4 Å². The molecule has 2 heterocycles. The summed E-state index contributed by atoms with van der Waals surface area (Å²) >= 11 is 0. The Labute approximate surface area is 217 Å². The van der Waals surface area contributed by atoms with Crippen LogP contribution in [0.5, 0.6) is 11.5 Å². The normalized spacial score (nSPS) is 25.4. The standard InChI is InChI=1S/C30H34N2O5/c1-18(31-22-14-20(15-24(34)16-22)25-8-3-4-9-28(25)36-2)26(13-19-6-5-7-23(33)12-19)30(35)37-29-17-21-10-11-27(29)32-21/h3-9,12,16,20-21,27,29,31-33H,10-11,13-15,17H2,1-2H3/b26-18+. The van der Waals surface area contributed by atoms with Gasteiger partial charge in [0.1, 0.15) is 17.6 Å². The molecule has 37 heavy (non-hydrogen) atoms. The highest BCUT2D eigenvalue weighted by Crippen LogP contribution is 2.36. The van der Waals surface area contributed by atoms with Crippen molar-refractivity contribution in [1.82, 2.24) is 10.6 Å². The second-order valence-electron chi connectivity index (χ2n) is 10.3. The fourth-order valence-electron chi connectivity index (χ4n) is 5.86. The van der Waals surface area contributed by atoms with Crippen LogP contribution in [-0.4, -0.2) is 42.2 Å². The van der Waals surface area contributed by atoms with Crippen LogP contribution in [0.15, 0.2) is 71.6 Å². The number of hydrogen-bond acceptors (Lipinski definition) is 7. The van der Waals surface area contributed by atoms with Gasteiger partial charge in [-0.25, -0.2) is 4.79 Å². The average Bonchev–Trinajstić information content (AvgIpc) is 3.50. The van der Waals surface area contributed by atoms with E-state index in [4.69, 9.17) is 9.47 Å². The van der Waals surface area contributed by atoms with E-state index in [0.717, 1.165) is 41.8 Å². The lowest BCUT2D eigenvalue weighted by Crippen LogP contribution is -2.33. The van der Waals surface area contributed by atoms with Crippen LogP contribution in [0.25, 0.3) is 0 Å². The van der Waals surface area contributed by atoms with Crippen LogP contribution in [-0.2, 0) is 20.7 Å². The molecule has 2 fully saturated rings. The Morgan fingerprint density at radius 3 is 2.70 bits per heavy atom. The van der Waals surface area contributed by atoms with Gasteiger partial charge in [0.2, 0.25) is 0 Å². The van der Waals surface area contributed by atoms with Crippen molar-refractivity contribution < 1.29 is 24.2 Å². The number of phenolic OH excluding ortho intramolecular Hbond substituents is 1. The number of fused-ring (bicyclic) bond motifs is 2. The molecule has 0 aromatic heterocycles. The van der Waals surface area contributed by atoms with Crippen molar-refractivity contribution in [3.8, 4) is 11.5 Å². The van der Waals surface area contributed by atoms with E-state index < -0.39 is 0 Å². The number of methoxy groups -OCH3 is 1. The highest BCUT2D eigenvalue weighted by Gasteiger charge is 2.41. The molecule has 0 spiro atoms. The van der Waals surface area contributed by atoms with Gasteiger partial charge in [-0.15, -0.1) is 0 Å². The third-order valence-corrected chi connectivity index (χ3v) is 7.67. The maximum atomic E-state index is 13.5. The Kier molecular flexibility index (Phi) is 7.33. The van der Waals surface area contributed by atoms with Crippen LogP contribution in [0.4, 0.5) is 0 Å². The lowest BCUT2D eigenvalue weighted by atomic mass is 9.85. The zero-order chi connectivity index (χ0) is 25.9. The van der Waals surface area contributed by atoms with E-state index in [0.29, 0.717) is 36.6 Å². The maximum Gasteiger partial charge on any atom is 0.336 e. The molecular weight excluding hydrogens is 468 g/mol. The molecule has 0 saturated carbocycles. The van der Waals surface area contributed by atoms with Gasteiger partial charge in [-0.1, -0.05) is 30.3 Å². The number of ketones is 1. The van der Waals surface area contributed by atoms with Gasteiger partial charge in [-0.3, -0.25) is 4.79 Å². The number of nitrogens with one attached hydrogen (secondary N) is 2. The zero-order valence-electron chi connectivity index (χ0n) is 21.3. The van der Waals surface area contributed by atoms with Crippen molar-refractivity contribution in [2.24, 2.45) is 0 Å². The van der Waals surface area contributed by atoms with Crippen molar-refractivity contribution in [3.05, 3.63) is 82.7 Å². The van der Waals surface area contributed by atoms with Gasteiger partial charge in [0.15, 0.2) is 5.78 Å². The number of para-hydroxylation sites is 1. The second-order valence-corrected chi connectivity index (χ2v) is 10.3. The number of aromatic hydroxyl groups is 1. The number of carbonyl (C=O) groups excluding carboxylic acids is 2. The summed E-state index contributed by atoms with van der Waals surface area (Å²) in [5.74, 6) is 0.555. The van der Waals surface area contributed by atoms with Crippen LogP contribution in [0.1, 0.15) is 56.1 Å². The largest absolute Gasteiger partial charge is 0.508 e. The number of phenols is 1.